The second-order valence-electron chi connectivity index (χ2n) is 5.97. The molecule has 0 saturated heterocycles. The Morgan fingerprint density at radius 2 is 1.07 bits per heavy atom. The van der Waals surface area contributed by atoms with Crippen LogP contribution < -0.4 is 31.1 Å². The fourth-order valence-corrected chi connectivity index (χ4v) is 2.28. The summed E-state index contributed by atoms with van der Waals surface area (Å²) in [5.41, 5.74) is 4.74. The van der Waals surface area contributed by atoms with Gasteiger partial charge in [-0.05, 0) is 47.5 Å². The highest BCUT2D eigenvalue weighted by atomic mass is 16.5. The Labute approximate surface area is 173 Å². The molecule has 0 spiro atoms. The number of hydroxylamine groups is 2. The zero-order valence-electron chi connectivity index (χ0n) is 16.1. The summed E-state index contributed by atoms with van der Waals surface area (Å²) in [6, 6.07) is 13.1. The van der Waals surface area contributed by atoms with Gasteiger partial charge in [-0.15, -0.1) is 0 Å². The van der Waals surface area contributed by atoms with Crippen LogP contribution in [0.1, 0.15) is 11.1 Å². The Morgan fingerprint density at radius 1 is 0.700 bits per heavy atom. The SMILES string of the molecule is O=C(NO)NCc1ccc(OC/C=C/COc2ccc(CNC(=O)NO)cc2)cc1. The molecule has 0 aliphatic heterocycles. The number of nitrogens with one attached hydrogen (secondary N) is 4. The normalized spacial score (nSPS) is 10.3. The van der Waals surface area contributed by atoms with Crippen molar-refractivity contribution in [1.29, 1.82) is 0 Å². The van der Waals surface area contributed by atoms with Gasteiger partial charge in [-0.3, -0.25) is 10.4 Å². The number of amides is 4. The predicted molar refractivity (Wildman–Crippen MR) is 107 cm³/mol. The number of benzene rings is 2. The molecule has 10 nitrogen and oxygen atoms in total. The van der Waals surface area contributed by atoms with E-state index in [2.05, 4.69) is 10.6 Å². The summed E-state index contributed by atoms with van der Waals surface area (Å²) in [6.45, 7) is 1.34. The van der Waals surface area contributed by atoms with Gasteiger partial charge in [0.15, 0.2) is 0 Å². The van der Waals surface area contributed by atoms with Gasteiger partial charge in [-0.25, -0.2) is 20.5 Å². The van der Waals surface area contributed by atoms with Crippen molar-refractivity contribution in [2.75, 3.05) is 13.2 Å². The van der Waals surface area contributed by atoms with E-state index in [1.807, 2.05) is 36.4 Å². The fourth-order valence-electron chi connectivity index (χ4n) is 2.28. The van der Waals surface area contributed by atoms with Gasteiger partial charge in [0, 0.05) is 13.1 Å². The van der Waals surface area contributed by atoms with E-state index in [9.17, 15) is 9.59 Å². The van der Waals surface area contributed by atoms with Crippen LogP contribution >= 0.6 is 0 Å². The maximum atomic E-state index is 10.9. The third kappa shape index (κ3) is 8.50. The molecule has 4 amide bonds. The molecule has 0 unspecified atom stereocenters. The lowest BCUT2D eigenvalue weighted by Crippen LogP contribution is -2.32. The van der Waals surface area contributed by atoms with Crippen molar-refractivity contribution in [2.24, 2.45) is 0 Å². The molecule has 0 heterocycles. The topological polar surface area (TPSA) is 141 Å². The van der Waals surface area contributed by atoms with Gasteiger partial charge in [-0.1, -0.05) is 24.3 Å². The standard InChI is InChI=1S/C20H24N4O6/c25-19(23-27)21-13-15-3-7-17(8-4-15)29-11-1-2-12-30-18-9-5-16(6-10-18)14-22-20(26)24-28/h1-10,27-28H,11-14H2,(H2,21,23,25)(H2,22,24,26)/b2-1+. The summed E-state index contributed by atoms with van der Waals surface area (Å²) in [5, 5.41) is 21.8. The smallest absolute Gasteiger partial charge is 0.338 e. The van der Waals surface area contributed by atoms with Crippen molar-refractivity contribution in [3.63, 3.8) is 0 Å². The summed E-state index contributed by atoms with van der Waals surface area (Å²) in [5.74, 6) is 1.38. The Kier molecular flexibility index (Phi) is 9.50. The predicted octanol–water partition coefficient (Wildman–Crippen LogP) is 2.08. The van der Waals surface area contributed by atoms with Crippen LogP contribution in [-0.4, -0.2) is 35.7 Å². The summed E-state index contributed by atoms with van der Waals surface area (Å²) in [6.07, 6.45) is 3.68. The Balaban J connectivity index is 1.63. The summed E-state index contributed by atoms with van der Waals surface area (Å²) in [4.78, 5) is 21.8. The number of ether oxygens (including phenoxy) is 2. The molecule has 2 rings (SSSR count). The Bertz CT molecular complexity index is 755. The molecular formula is C20H24N4O6. The molecule has 10 heteroatoms. The Morgan fingerprint density at radius 3 is 1.40 bits per heavy atom. The molecule has 160 valence electrons. The van der Waals surface area contributed by atoms with Gasteiger partial charge in [0.1, 0.15) is 24.7 Å². The quantitative estimate of drug-likeness (QED) is 0.199. The number of hydrogen-bond donors (Lipinski definition) is 6. The van der Waals surface area contributed by atoms with E-state index in [0.29, 0.717) is 37.8 Å². The summed E-state index contributed by atoms with van der Waals surface area (Å²) in [7, 11) is 0. The first kappa shape index (κ1) is 22.5. The number of carbonyl (C=O) groups excluding carboxylic acids is 2. The molecule has 0 aliphatic rings. The molecule has 0 bridgehead atoms. The third-order valence-corrected chi connectivity index (χ3v) is 3.82. The van der Waals surface area contributed by atoms with Gasteiger partial charge in [-0.2, -0.15) is 0 Å². The number of hydrogen-bond acceptors (Lipinski definition) is 6. The second kappa shape index (κ2) is 12.6. The summed E-state index contributed by atoms with van der Waals surface area (Å²) < 4.78 is 11.2. The molecule has 0 aliphatic carbocycles. The van der Waals surface area contributed by atoms with Crippen LogP contribution in [0.3, 0.4) is 0 Å². The molecule has 2 aromatic rings. The molecule has 30 heavy (non-hydrogen) atoms. The van der Waals surface area contributed by atoms with Crippen molar-refractivity contribution in [2.45, 2.75) is 13.1 Å². The van der Waals surface area contributed by atoms with Gasteiger partial charge < -0.3 is 20.1 Å². The first-order valence-electron chi connectivity index (χ1n) is 9.05. The van der Waals surface area contributed by atoms with Gasteiger partial charge >= 0.3 is 12.1 Å². The van der Waals surface area contributed by atoms with Gasteiger partial charge in [0.05, 0.1) is 0 Å². The van der Waals surface area contributed by atoms with Crippen molar-refractivity contribution < 1.29 is 29.5 Å². The van der Waals surface area contributed by atoms with Crippen LogP contribution in [0.2, 0.25) is 0 Å². The van der Waals surface area contributed by atoms with Crippen LogP contribution in [0.25, 0.3) is 0 Å². The van der Waals surface area contributed by atoms with Crippen LogP contribution in [0, 0.1) is 0 Å². The molecule has 0 saturated carbocycles. The van der Waals surface area contributed by atoms with Crippen LogP contribution in [0.5, 0.6) is 11.5 Å². The lowest BCUT2D eigenvalue weighted by Gasteiger charge is -2.07. The zero-order valence-corrected chi connectivity index (χ0v) is 16.1. The van der Waals surface area contributed by atoms with Crippen LogP contribution in [-0.2, 0) is 13.1 Å². The molecule has 0 atom stereocenters. The first-order valence-corrected chi connectivity index (χ1v) is 9.05. The number of urea groups is 2. The number of rotatable bonds is 10. The lowest BCUT2D eigenvalue weighted by atomic mass is 10.2. The van der Waals surface area contributed by atoms with Crippen molar-refractivity contribution >= 4 is 12.1 Å². The average Bonchev–Trinajstić information content (AvgIpc) is 2.79. The largest absolute Gasteiger partial charge is 0.490 e. The van der Waals surface area contributed by atoms with E-state index in [0.717, 1.165) is 11.1 Å². The highest BCUT2D eigenvalue weighted by Gasteiger charge is 2.00. The lowest BCUT2D eigenvalue weighted by molar-refractivity contribution is 0.161. The number of carbonyl (C=O) groups is 2. The fraction of sp³-hybridized carbons (Fsp3) is 0.200. The molecule has 0 radical (unpaired) electrons. The van der Waals surface area contributed by atoms with Gasteiger partial charge in [0.2, 0.25) is 0 Å². The van der Waals surface area contributed by atoms with E-state index in [4.69, 9.17) is 19.9 Å². The highest BCUT2D eigenvalue weighted by Crippen LogP contribution is 2.13. The van der Waals surface area contributed by atoms with Crippen LogP contribution in [0.15, 0.2) is 60.7 Å². The van der Waals surface area contributed by atoms with Crippen molar-refractivity contribution in [1.82, 2.24) is 21.6 Å². The third-order valence-electron chi connectivity index (χ3n) is 3.82. The first-order chi connectivity index (χ1) is 14.6. The van der Waals surface area contributed by atoms with E-state index < -0.39 is 12.1 Å². The monoisotopic (exact) mass is 416 g/mol. The zero-order chi connectivity index (χ0) is 21.6. The van der Waals surface area contributed by atoms with E-state index in [1.165, 1.54) is 11.0 Å². The minimum atomic E-state index is -0.664. The molecular weight excluding hydrogens is 392 g/mol. The van der Waals surface area contributed by atoms with Gasteiger partial charge in [0.25, 0.3) is 0 Å². The van der Waals surface area contributed by atoms with E-state index in [1.54, 1.807) is 24.3 Å². The molecule has 0 aromatic heterocycles. The maximum absolute atomic E-state index is 10.9. The molecule has 2 aromatic carbocycles. The van der Waals surface area contributed by atoms with E-state index >= 15 is 0 Å². The minimum Gasteiger partial charge on any atom is -0.490 e. The highest BCUT2D eigenvalue weighted by molar-refractivity contribution is 5.72. The minimum absolute atomic E-state index is 0.291. The molecule has 6 N–H and O–H groups in total. The second-order valence-corrected chi connectivity index (χ2v) is 5.97. The van der Waals surface area contributed by atoms with Crippen molar-refractivity contribution in [3.8, 4) is 11.5 Å². The summed E-state index contributed by atoms with van der Waals surface area (Å²) >= 11 is 0. The average molecular weight is 416 g/mol. The van der Waals surface area contributed by atoms with E-state index in [-0.39, 0.29) is 0 Å². The maximum Gasteiger partial charge on any atom is 0.338 e. The molecule has 0 fully saturated rings. The Hall–Kier alpha value is -3.76. The van der Waals surface area contributed by atoms with Crippen molar-refractivity contribution in [3.05, 3.63) is 71.8 Å². The van der Waals surface area contributed by atoms with Crippen LogP contribution in [0.4, 0.5) is 9.59 Å².